The summed E-state index contributed by atoms with van der Waals surface area (Å²) in [5, 5.41) is 0. The Morgan fingerprint density at radius 2 is 2.20 bits per heavy atom. The van der Waals surface area contributed by atoms with Gasteiger partial charge in [0, 0.05) is 0 Å². The molecule has 0 heterocycles. The van der Waals surface area contributed by atoms with Crippen LogP contribution in [-0.2, 0) is 16.0 Å². The molecule has 3 nitrogen and oxygen atoms in total. The Bertz CT molecular complexity index is 350. The van der Waals surface area contributed by atoms with E-state index in [-0.39, 0.29) is 12.4 Å². The third-order valence-electron chi connectivity index (χ3n) is 1.87. The number of esters is 1. The second-order valence-electron chi connectivity index (χ2n) is 2.95. The van der Waals surface area contributed by atoms with Crippen molar-refractivity contribution in [3.63, 3.8) is 0 Å². The van der Waals surface area contributed by atoms with Crippen LogP contribution in [-0.4, -0.2) is 19.7 Å². The van der Waals surface area contributed by atoms with Crippen molar-refractivity contribution in [1.82, 2.24) is 0 Å². The van der Waals surface area contributed by atoms with Gasteiger partial charge >= 0.3 is 5.97 Å². The van der Waals surface area contributed by atoms with E-state index in [0.29, 0.717) is 6.61 Å². The van der Waals surface area contributed by atoms with Crippen molar-refractivity contribution in [3.8, 4) is 5.75 Å². The summed E-state index contributed by atoms with van der Waals surface area (Å²) in [4.78, 5) is 11.2. The molecule has 0 saturated heterocycles. The average Bonchev–Trinajstić information content (AvgIpc) is 2.21. The molecule has 0 aliphatic heterocycles. The highest BCUT2D eigenvalue weighted by molar-refractivity contribution is 9.10. The van der Waals surface area contributed by atoms with Crippen LogP contribution in [0.1, 0.15) is 12.5 Å². The van der Waals surface area contributed by atoms with E-state index < -0.39 is 0 Å². The topological polar surface area (TPSA) is 35.5 Å². The zero-order valence-electron chi connectivity index (χ0n) is 8.75. The van der Waals surface area contributed by atoms with E-state index in [1.54, 1.807) is 14.0 Å². The molecule has 0 N–H and O–H groups in total. The van der Waals surface area contributed by atoms with Crippen LogP contribution in [0.25, 0.3) is 0 Å². The number of hydrogen-bond acceptors (Lipinski definition) is 3. The van der Waals surface area contributed by atoms with Crippen LogP contribution in [0.5, 0.6) is 5.75 Å². The zero-order chi connectivity index (χ0) is 11.3. The van der Waals surface area contributed by atoms with Crippen LogP contribution in [0.4, 0.5) is 0 Å². The van der Waals surface area contributed by atoms with Crippen LogP contribution < -0.4 is 4.74 Å². The lowest BCUT2D eigenvalue weighted by Gasteiger charge is -2.06. The van der Waals surface area contributed by atoms with Crippen molar-refractivity contribution in [3.05, 3.63) is 28.2 Å². The molecule has 0 aromatic heterocycles. The third kappa shape index (κ3) is 3.55. The van der Waals surface area contributed by atoms with E-state index in [4.69, 9.17) is 9.47 Å². The van der Waals surface area contributed by atoms with Crippen LogP contribution in [0.3, 0.4) is 0 Å². The average molecular weight is 273 g/mol. The van der Waals surface area contributed by atoms with Crippen molar-refractivity contribution in [2.75, 3.05) is 13.7 Å². The molecule has 1 aromatic rings. The first-order chi connectivity index (χ1) is 7.17. The maximum Gasteiger partial charge on any atom is 0.310 e. The Hall–Kier alpha value is -1.03. The number of carbonyl (C=O) groups is 1. The lowest BCUT2D eigenvalue weighted by molar-refractivity contribution is -0.142. The van der Waals surface area contributed by atoms with Crippen molar-refractivity contribution in [2.45, 2.75) is 13.3 Å². The SMILES string of the molecule is CCOC(=O)Cc1ccc(Br)c(OC)c1. The fourth-order valence-corrected chi connectivity index (χ4v) is 1.60. The molecule has 4 heteroatoms. The van der Waals surface area contributed by atoms with Gasteiger partial charge in [0.1, 0.15) is 5.75 Å². The summed E-state index contributed by atoms with van der Waals surface area (Å²) >= 11 is 3.35. The summed E-state index contributed by atoms with van der Waals surface area (Å²) in [6.45, 7) is 2.20. The zero-order valence-corrected chi connectivity index (χ0v) is 10.3. The molecule has 0 atom stereocenters. The monoisotopic (exact) mass is 272 g/mol. The fourth-order valence-electron chi connectivity index (χ4n) is 1.19. The number of benzene rings is 1. The number of ether oxygens (including phenoxy) is 2. The van der Waals surface area contributed by atoms with Crippen LogP contribution in [0.15, 0.2) is 22.7 Å². The van der Waals surface area contributed by atoms with Crippen LogP contribution in [0, 0.1) is 0 Å². The molecular weight excluding hydrogens is 260 g/mol. The Kier molecular flexibility index (Phi) is 4.62. The third-order valence-corrected chi connectivity index (χ3v) is 2.52. The summed E-state index contributed by atoms with van der Waals surface area (Å²) in [6, 6.07) is 5.54. The second kappa shape index (κ2) is 5.75. The highest BCUT2D eigenvalue weighted by Crippen LogP contribution is 2.25. The van der Waals surface area contributed by atoms with Gasteiger partial charge in [0.2, 0.25) is 0 Å². The smallest absolute Gasteiger partial charge is 0.310 e. The Balaban J connectivity index is 2.74. The first-order valence-electron chi connectivity index (χ1n) is 4.65. The standard InChI is InChI=1S/C11H13BrO3/c1-3-15-11(13)7-8-4-5-9(12)10(6-8)14-2/h4-6H,3,7H2,1-2H3. The normalized spacial score (nSPS) is 9.80. The number of carbonyl (C=O) groups excluding carboxylic acids is 1. The number of methoxy groups -OCH3 is 1. The highest BCUT2D eigenvalue weighted by atomic mass is 79.9. The molecule has 0 aliphatic carbocycles. The van der Waals surface area contributed by atoms with Gasteiger partial charge in [-0.2, -0.15) is 0 Å². The first kappa shape index (κ1) is 12.0. The van der Waals surface area contributed by atoms with E-state index in [1.165, 1.54) is 0 Å². The Morgan fingerprint density at radius 1 is 1.47 bits per heavy atom. The second-order valence-corrected chi connectivity index (χ2v) is 3.81. The molecule has 0 bridgehead atoms. The first-order valence-corrected chi connectivity index (χ1v) is 5.44. The molecule has 1 rings (SSSR count). The van der Waals surface area contributed by atoms with Gasteiger partial charge in [0.25, 0.3) is 0 Å². The van der Waals surface area contributed by atoms with Gasteiger partial charge in [-0.05, 0) is 40.5 Å². The minimum Gasteiger partial charge on any atom is -0.496 e. The van der Waals surface area contributed by atoms with E-state index in [2.05, 4.69) is 15.9 Å². The molecule has 0 unspecified atom stereocenters. The molecule has 0 fully saturated rings. The molecule has 1 aromatic carbocycles. The summed E-state index contributed by atoms with van der Waals surface area (Å²) in [5.41, 5.74) is 0.883. The lowest BCUT2D eigenvalue weighted by atomic mass is 10.1. The minimum absolute atomic E-state index is 0.220. The number of halogens is 1. The minimum atomic E-state index is -0.220. The molecule has 0 amide bonds. The summed E-state index contributed by atoms with van der Waals surface area (Å²) in [5.74, 6) is 0.499. The van der Waals surface area contributed by atoms with Crippen LogP contribution >= 0.6 is 15.9 Å². The van der Waals surface area contributed by atoms with E-state index in [1.807, 2.05) is 18.2 Å². The summed E-state index contributed by atoms with van der Waals surface area (Å²) < 4.78 is 10.9. The van der Waals surface area contributed by atoms with Crippen molar-refractivity contribution < 1.29 is 14.3 Å². The van der Waals surface area contributed by atoms with Crippen molar-refractivity contribution in [1.29, 1.82) is 0 Å². The maximum atomic E-state index is 11.2. The van der Waals surface area contributed by atoms with Gasteiger partial charge in [-0.15, -0.1) is 0 Å². The molecule has 0 spiro atoms. The van der Waals surface area contributed by atoms with Gasteiger partial charge in [-0.25, -0.2) is 0 Å². The van der Waals surface area contributed by atoms with E-state index >= 15 is 0 Å². The Morgan fingerprint density at radius 3 is 2.80 bits per heavy atom. The fraction of sp³-hybridized carbons (Fsp3) is 0.364. The van der Waals surface area contributed by atoms with Gasteiger partial charge in [0.05, 0.1) is 24.6 Å². The van der Waals surface area contributed by atoms with Gasteiger partial charge < -0.3 is 9.47 Å². The number of hydrogen-bond donors (Lipinski definition) is 0. The predicted octanol–water partition coefficient (Wildman–Crippen LogP) is 2.56. The van der Waals surface area contributed by atoms with Crippen molar-refractivity contribution in [2.24, 2.45) is 0 Å². The molecule has 15 heavy (non-hydrogen) atoms. The van der Waals surface area contributed by atoms with Gasteiger partial charge in [0.15, 0.2) is 0 Å². The number of rotatable bonds is 4. The molecule has 0 aliphatic rings. The summed E-state index contributed by atoms with van der Waals surface area (Å²) in [7, 11) is 1.59. The van der Waals surface area contributed by atoms with Gasteiger partial charge in [-0.1, -0.05) is 6.07 Å². The molecular formula is C11H13BrO3. The highest BCUT2D eigenvalue weighted by Gasteiger charge is 2.06. The van der Waals surface area contributed by atoms with Crippen LogP contribution in [0.2, 0.25) is 0 Å². The lowest BCUT2D eigenvalue weighted by Crippen LogP contribution is -2.07. The summed E-state index contributed by atoms with van der Waals surface area (Å²) in [6.07, 6.45) is 0.275. The van der Waals surface area contributed by atoms with Gasteiger partial charge in [-0.3, -0.25) is 4.79 Å². The Labute approximate surface area is 97.5 Å². The van der Waals surface area contributed by atoms with E-state index in [9.17, 15) is 4.79 Å². The molecule has 82 valence electrons. The quantitative estimate of drug-likeness (QED) is 0.791. The van der Waals surface area contributed by atoms with Crippen molar-refractivity contribution >= 4 is 21.9 Å². The maximum absolute atomic E-state index is 11.2. The molecule has 0 saturated carbocycles. The van der Waals surface area contributed by atoms with E-state index in [0.717, 1.165) is 15.8 Å². The predicted molar refractivity (Wildman–Crippen MR) is 61.0 cm³/mol. The largest absolute Gasteiger partial charge is 0.496 e. The molecule has 0 radical (unpaired) electrons.